The van der Waals surface area contributed by atoms with Gasteiger partial charge in [-0.15, -0.1) is 0 Å². The molecule has 0 aliphatic heterocycles. The van der Waals surface area contributed by atoms with Crippen molar-refractivity contribution in [3.8, 4) is 5.75 Å². The zero-order chi connectivity index (χ0) is 17.9. The third-order valence-corrected chi connectivity index (χ3v) is 2.80. The predicted octanol–water partition coefficient (Wildman–Crippen LogP) is 3.03. The summed E-state index contributed by atoms with van der Waals surface area (Å²) in [6.45, 7) is 8.18. The average molecular weight is 328 g/mol. The first-order valence-corrected chi connectivity index (χ1v) is 7.25. The van der Waals surface area contributed by atoms with E-state index in [0.29, 0.717) is 11.3 Å². The van der Waals surface area contributed by atoms with E-state index in [4.69, 9.17) is 9.84 Å². The SMILES string of the molecule is C=C(C)C(=O)OCCO.C=CC(=O)Oc1cccc2ccccc12. The summed E-state index contributed by atoms with van der Waals surface area (Å²) in [7, 11) is 0. The van der Waals surface area contributed by atoms with Crippen LogP contribution in [0.4, 0.5) is 0 Å². The van der Waals surface area contributed by atoms with Gasteiger partial charge in [0, 0.05) is 17.0 Å². The lowest BCUT2D eigenvalue weighted by Gasteiger charge is -2.05. The molecule has 0 radical (unpaired) electrons. The van der Waals surface area contributed by atoms with Gasteiger partial charge in [-0.05, 0) is 18.4 Å². The monoisotopic (exact) mass is 328 g/mol. The van der Waals surface area contributed by atoms with Crippen LogP contribution < -0.4 is 4.74 Å². The number of aliphatic hydroxyl groups is 1. The first kappa shape index (κ1) is 19.1. The van der Waals surface area contributed by atoms with Crippen LogP contribution in [0.3, 0.4) is 0 Å². The molecule has 126 valence electrons. The summed E-state index contributed by atoms with van der Waals surface area (Å²) in [5.41, 5.74) is 0.350. The second kappa shape index (κ2) is 9.97. The van der Waals surface area contributed by atoms with Gasteiger partial charge in [-0.1, -0.05) is 49.6 Å². The normalized spacial score (nSPS) is 9.42. The first-order valence-electron chi connectivity index (χ1n) is 7.25. The first-order chi connectivity index (χ1) is 11.5. The van der Waals surface area contributed by atoms with E-state index in [1.807, 2.05) is 36.4 Å². The molecule has 0 heterocycles. The number of benzene rings is 2. The molecular weight excluding hydrogens is 308 g/mol. The summed E-state index contributed by atoms with van der Waals surface area (Å²) in [5.74, 6) is -0.326. The Morgan fingerprint density at radius 3 is 2.46 bits per heavy atom. The molecule has 0 aliphatic rings. The van der Waals surface area contributed by atoms with Gasteiger partial charge in [0.15, 0.2) is 0 Å². The molecule has 0 fully saturated rings. The Morgan fingerprint density at radius 2 is 1.83 bits per heavy atom. The lowest BCUT2D eigenvalue weighted by Crippen LogP contribution is -2.08. The molecule has 2 aromatic rings. The Bertz CT molecular complexity index is 728. The number of rotatable bonds is 5. The molecule has 5 nitrogen and oxygen atoms in total. The Kier molecular flexibility index (Phi) is 7.94. The third-order valence-electron chi connectivity index (χ3n) is 2.80. The molecule has 0 atom stereocenters. The number of carbonyl (C=O) groups is 2. The summed E-state index contributed by atoms with van der Waals surface area (Å²) in [4.78, 5) is 21.6. The van der Waals surface area contributed by atoms with E-state index in [1.54, 1.807) is 13.0 Å². The van der Waals surface area contributed by atoms with Gasteiger partial charge in [0.25, 0.3) is 0 Å². The molecule has 24 heavy (non-hydrogen) atoms. The molecule has 0 aromatic heterocycles. The zero-order valence-electron chi connectivity index (χ0n) is 13.5. The highest BCUT2D eigenvalue weighted by atomic mass is 16.5. The number of aliphatic hydroxyl groups excluding tert-OH is 1. The minimum atomic E-state index is -0.455. The summed E-state index contributed by atoms with van der Waals surface area (Å²) in [6, 6.07) is 13.3. The van der Waals surface area contributed by atoms with Crippen LogP contribution >= 0.6 is 0 Å². The highest BCUT2D eigenvalue weighted by molar-refractivity contribution is 5.92. The molecular formula is C19H20O5. The van der Waals surface area contributed by atoms with E-state index in [9.17, 15) is 9.59 Å². The van der Waals surface area contributed by atoms with Crippen LogP contribution in [0.5, 0.6) is 5.75 Å². The fraction of sp³-hybridized carbons (Fsp3) is 0.158. The Balaban J connectivity index is 0.000000277. The van der Waals surface area contributed by atoms with Gasteiger partial charge in [-0.25, -0.2) is 9.59 Å². The second-order valence-corrected chi connectivity index (χ2v) is 4.74. The molecule has 0 saturated carbocycles. The molecule has 0 bridgehead atoms. The fourth-order valence-corrected chi connectivity index (χ4v) is 1.70. The second-order valence-electron chi connectivity index (χ2n) is 4.74. The van der Waals surface area contributed by atoms with Crippen molar-refractivity contribution in [2.75, 3.05) is 13.2 Å². The standard InChI is InChI=1S/C13H10O2.C6H10O3/c1-2-13(14)15-12-9-5-7-10-6-3-4-8-11(10)12;1-5(2)6(8)9-4-3-7/h2-9H,1H2;7H,1,3-4H2,2H3. The number of fused-ring (bicyclic) bond motifs is 1. The largest absolute Gasteiger partial charge is 0.460 e. The smallest absolute Gasteiger partial charge is 0.335 e. The van der Waals surface area contributed by atoms with E-state index < -0.39 is 11.9 Å². The molecule has 5 heteroatoms. The molecule has 2 aromatic carbocycles. The molecule has 0 spiro atoms. The maximum atomic E-state index is 11.1. The van der Waals surface area contributed by atoms with Crippen LogP contribution in [0.2, 0.25) is 0 Å². The number of esters is 2. The van der Waals surface area contributed by atoms with Crippen LogP contribution in [0.1, 0.15) is 6.92 Å². The van der Waals surface area contributed by atoms with Crippen molar-refractivity contribution in [3.63, 3.8) is 0 Å². The lowest BCUT2D eigenvalue weighted by atomic mass is 10.1. The molecule has 0 unspecified atom stereocenters. The zero-order valence-corrected chi connectivity index (χ0v) is 13.5. The van der Waals surface area contributed by atoms with Gasteiger partial charge >= 0.3 is 11.9 Å². The number of hydrogen-bond acceptors (Lipinski definition) is 5. The number of ether oxygens (including phenoxy) is 2. The van der Waals surface area contributed by atoms with Crippen LogP contribution in [0, 0.1) is 0 Å². The van der Waals surface area contributed by atoms with Gasteiger partial charge in [0.05, 0.1) is 6.61 Å². The number of carbonyl (C=O) groups excluding carboxylic acids is 2. The van der Waals surface area contributed by atoms with Gasteiger partial charge in [-0.3, -0.25) is 0 Å². The summed E-state index contributed by atoms with van der Waals surface area (Å²) in [5, 5.41) is 10.2. The molecule has 0 saturated heterocycles. The topological polar surface area (TPSA) is 72.8 Å². The van der Waals surface area contributed by atoms with Crippen molar-refractivity contribution < 1.29 is 24.2 Å². The highest BCUT2D eigenvalue weighted by Gasteiger charge is 2.03. The van der Waals surface area contributed by atoms with Gasteiger partial charge in [-0.2, -0.15) is 0 Å². The van der Waals surface area contributed by atoms with Gasteiger partial charge in [0.2, 0.25) is 0 Å². The Labute approximate surface area is 140 Å². The van der Waals surface area contributed by atoms with Gasteiger partial charge < -0.3 is 14.6 Å². The molecule has 0 aliphatic carbocycles. The molecule has 2 rings (SSSR count). The summed E-state index contributed by atoms with van der Waals surface area (Å²) in [6.07, 6.45) is 1.15. The van der Waals surface area contributed by atoms with Crippen molar-refractivity contribution in [1.82, 2.24) is 0 Å². The maximum Gasteiger partial charge on any atom is 0.335 e. The number of hydrogen-bond donors (Lipinski definition) is 1. The van der Waals surface area contributed by atoms with Crippen molar-refractivity contribution in [2.24, 2.45) is 0 Å². The highest BCUT2D eigenvalue weighted by Crippen LogP contribution is 2.25. The van der Waals surface area contributed by atoms with Crippen molar-refractivity contribution in [3.05, 3.63) is 67.3 Å². The lowest BCUT2D eigenvalue weighted by molar-refractivity contribution is -0.139. The maximum absolute atomic E-state index is 11.1. The minimum absolute atomic E-state index is 0.0473. The van der Waals surface area contributed by atoms with E-state index in [2.05, 4.69) is 17.9 Å². The van der Waals surface area contributed by atoms with E-state index in [0.717, 1.165) is 16.8 Å². The third kappa shape index (κ3) is 6.06. The van der Waals surface area contributed by atoms with Crippen LogP contribution in [0.25, 0.3) is 10.8 Å². The molecule has 1 N–H and O–H groups in total. The Hall–Kier alpha value is -2.92. The van der Waals surface area contributed by atoms with Gasteiger partial charge in [0.1, 0.15) is 12.4 Å². The van der Waals surface area contributed by atoms with Crippen molar-refractivity contribution >= 4 is 22.7 Å². The quantitative estimate of drug-likeness (QED) is 0.519. The van der Waals surface area contributed by atoms with E-state index in [-0.39, 0.29) is 13.2 Å². The van der Waals surface area contributed by atoms with Crippen LogP contribution in [0.15, 0.2) is 67.3 Å². The fourth-order valence-electron chi connectivity index (χ4n) is 1.70. The van der Waals surface area contributed by atoms with E-state index in [1.165, 1.54) is 0 Å². The summed E-state index contributed by atoms with van der Waals surface area (Å²) < 4.78 is 9.58. The average Bonchev–Trinajstić information content (AvgIpc) is 2.60. The Morgan fingerprint density at radius 1 is 1.17 bits per heavy atom. The van der Waals surface area contributed by atoms with Crippen molar-refractivity contribution in [1.29, 1.82) is 0 Å². The van der Waals surface area contributed by atoms with E-state index >= 15 is 0 Å². The van der Waals surface area contributed by atoms with Crippen LogP contribution in [-0.2, 0) is 14.3 Å². The minimum Gasteiger partial charge on any atom is -0.460 e. The summed E-state index contributed by atoms with van der Waals surface area (Å²) >= 11 is 0. The van der Waals surface area contributed by atoms with Crippen molar-refractivity contribution in [2.45, 2.75) is 6.92 Å². The predicted molar refractivity (Wildman–Crippen MR) is 92.6 cm³/mol. The van der Waals surface area contributed by atoms with Crippen LogP contribution in [-0.4, -0.2) is 30.3 Å². The molecule has 0 amide bonds.